The normalized spacial score (nSPS) is 12.5. The Kier molecular flexibility index (Phi) is 3.62. The molecule has 7 nitrogen and oxygen atoms in total. The quantitative estimate of drug-likeness (QED) is 0.544. The number of aryl methyl sites for hydroxylation is 1. The molecule has 1 rings (SSSR count). The number of nitro groups is 1. The van der Waals surface area contributed by atoms with E-state index in [0.717, 1.165) is 0 Å². The molecule has 0 radical (unpaired) electrons. The van der Waals surface area contributed by atoms with E-state index in [9.17, 15) is 10.1 Å². The molecule has 1 aromatic heterocycles. The van der Waals surface area contributed by atoms with Crippen LogP contribution < -0.4 is 10.6 Å². The Morgan fingerprint density at radius 3 is 2.93 bits per heavy atom. The minimum atomic E-state index is -0.494. The van der Waals surface area contributed by atoms with Crippen LogP contribution in [0.1, 0.15) is 6.92 Å². The Morgan fingerprint density at radius 2 is 2.40 bits per heavy atom. The number of hydrogen-bond acceptors (Lipinski definition) is 5. The molecule has 1 aromatic rings. The van der Waals surface area contributed by atoms with Gasteiger partial charge in [-0.25, -0.2) is 0 Å². The van der Waals surface area contributed by atoms with Crippen LogP contribution in [0.4, 0.5) is 11.6 Å². The molecule has 0 saturated heterocycles. The highest BCUT2D eigenvalue weighted by molar-refractivity contribution is 5.52. The zero-order valence-corrected chi connectivity index (χ0v) is 9.02. The van der Waals surface area contributed by atoms with Crippen LogP contribution in [0, 0.1) is 10.1 Å². The molecule has 0 spiro atoms. The lowest BCUT2D eigenvalue weighted by Gasteiger charge is -2.11. The summed E-state index contributed by atoms with van der Waals surface area (Å²) in [6.07, 6.45) is 1.42. The second-order valence-corrected chi connectivity index (χ2v) is 3.36. The summed E-state index contributed by atoms with van der Waals surface area (Å²) in [6, 6.07) is 0.236. The molecular formula is C8H15N5O2. The first-order valence-electron chi connectivity index (χ1n) is 4.63. The lowest BCUT2D eigenvalue weighted by molar-refractivity contribution is -0.388. The van der Waals surface area contributed by atoms with E-state index in [1.165, 1.54) is 6.33 Å². The molecule has 7 heteroatoms. The molecule has 0 aliphatic heterocycles. The lowest BCUT2D eigenvalue weighted by Crippen LogP contribution is -2.29. The van der Waals surface area contributed by atoms with E-state index in [4.69, 9.17) is 0 Å². The van der Waals surface area contributed by atoms with E-state index in [-0.39, 0.29) is 11.9 Å². The molecule has 0 amide bonds. The van der Waals surface area contributed by atoms with Crippen LogP contribution >= 0.6 is 0 Å². The fourth-order valence-electron chi connectivity index (χ4n) is 1.11. The van der Waals surface area contributed by atoms with E-state index < -0.39 is 4.92 Å². The van der Waals surface area contributed by atoms with Crippen LogP contribution in [-0.4, -0.2) is 34.1 Å². The molecule has 84 valence electrons. The van der Waals surface area contributed by atoms with Gasteiger partial charge in [0.15, 0.2) is 0 Å². The highest BCUT2D eigenvalue weighted by atomic mass is 16.6. The molecule has 0 aliphatic rings. The van der Waals surface area contributed by atoms with Gasteiger partial charge in [-0.3, -0.25) is 4.57 Å². The van der Waals surface area contributed by atoms with Gasteiger partial charge < -0.3 is 20.7 Å². The molecule has 0 aliphatic carbocycles. The maximum absolute atomic E-state index is 10.6. The number of nitrogens with one attached hydrogen (secondary N) is 2. The summed E-state index contributed by atoms with van der Waals surface area (Å²) in [6.45, 7) is 2.59. The maximum Gasteiger partial charge on any atom is 0.406 e. The second kappa shape index (κ2) is 4.74. The maximum atomic E-state index is 10.6. The molecule has 1 atom stereocenters. The van der Waals surface area contributed by atoms with Crippen molar-refractivity contribution >= 4 is 11.6 Å². The Morgan fingerprint density at radius 1 is 1.73 bits per heavy atom. The van der Waals surface area contributed by atoms with Crippen molar-refractivity contribution in [2.45, 2.75) is 13.0 Å². The van der Waals surface area contributed by atoms with Crippen molar-refractivity contribution in [3.8, 4) is 0 Å². The molecule has 1 heterocycles. The fraction of sp³-hybridized carbons (Fsp3) is 0.625. The first-order valence-corrected chi connectivity index (χ1v) is 4.63. The van der Waals surface area contributed by atoms with Gasteiger partial charge in [0.2, 0.25) is 12.1 Å². The Labute approximate surface area is 87.6 Å². The smallest absolute Gasteiger partial charge is 0.363 e. The molecule has 0 saturated carbocycles. The van der Waals surface area contributed by atoms with Crippen LogP contribution in [0.3, 0.4) is 0 Å². The van der Waals surface area contributed by atoms with Gasteiger partial charge in [0, 0.05) is 19.6 Å². The zero-order chi connectivity index (χ0) is 11.4. The van der Waals surface area contributed by atoms with E-state index in [0.29, 0.717) is 12.4 Å². The fourth-order valence-corrected chi connectivity index (χ4v) is 1.11. The van der Waals surface area contributed by atoms with Crippen LogP contribution in [0.2, 0.25) is 0 Å². The average Bonchev–Trinajstić information content (AvgIpc) is 2.56. The molecule has 15 heavy (non-hydrogen) atoms. The minimum absolute atomic E-state index is 0.138. The van der Waals surface area contributed by atoms with Gasteiger partial charge in [-0.05, 0) is 23.9 Å². The molecule has 0 aromatic carbocycles. The highest BCUT2D eigenvalue weighted by Gasteiger charge is 2.19. The van der Waals surface area contributed by atoms with Crippen LogP contribution in [0.15, 0.2) is 6.33 Å². The summed E-state index contributed by atoms with van der Waals surface area (Å²) in [5.41, 5.74) is 0. The van der Waals surface area contributed by atoms with Gasteiger partial charge in [0.05, 0.1) is 0 Å². The monoisotopic (exact) mass is 213 g/mol. The third kappa shape index (κ3) is 2.66. The highest BCUT2D eigenvalue weighted by Crippen LogP contribution is 2.20. The first kappa shape index (κ1) is 11.4. The van der Waals surface area contributed by atoms with Gasteiger partial charge in [0.25, 0.3) is 0 Å². The van der Waals surface area contributed by atoms with Crippen molar-refractivity contribution < 1.29 is 4.92 Å². The van der Waals surface area contributed by atoms with Crippen molar-refractivity contribution in [3.05, 3.63) is 16.4 Å². The van der Waals surface area contributed by atoms with Crippen molar-refractivity contribution in [2.24, 2.45) is 7.05 Å². The predicted octanol–water partition coefficient (Wildman–Crippen LogP) is 0.348. The molecule has 1 unspecified atom stereocenters. The van der Waals surface area contributed by atoms with Crippen LogP contribution in [-0.2, 0) is 7.05 Å². The Balaban J connectivity index is 2.75. The summed E-state index contributed by atoms with van der Waals surface area (Å²) < 4.78 is 1.60. The number of rotatable bonds is 5. The number of likely N-dealkylation sites (N-methyl/N-ethyl adjacent to an activating group) is 1. The van der Waals surface area contributed by atoms with E-state index in [2.05, 4.69) is 15.6 Å². The molecule has 0 bridgehead atoms. The minimum Gasteiger partial charge on any atom is -0.363 e. The lowest BCUT2D eigenvalue weighted by atomic mass is 10.3. The number of aromatic nitrogens is 2. The third-order valence-corrected chi connectivity index (χ3v) is 2.16. The SMILES string of the molecule is CNC(C)CNc1c([N+](=O)[O-])ncn1C. The van der Waals surface area contributed by atoms with Gasteiger partial charge in [-0.1, -0.05) is 0 Å². The van der Waals surface area contributed by atoms with E-state index >= 15 is 0 Å². The first-order chi connectivity index (χ1) is 7.06. The van der Waals surface area contributed by atoms with Crippen molar-refractivity contribution in [1.29, 1.82) is 0 Å². The largest absolute Gasteiger partial charge is 0.406 e. The summed E-state index contributed by atoms with van der Waals surface area (Å²) in [5, 5.41) is 16.6. The van der Waals surface area contributed by atoms with Crippen molar-refractivity contribution in [1.82, 2.24) is 14.9 Å². The standard InChI is InChI=1S/C8H15N5O2/c1-6(9-2)4-10-7-8(13(14)15)11-5-12(7)3/h5-6,9-10H,4H2,1-3H3. The third-order valence-electron chi connectivity index (χ3n) is 2.16. The summed E-state index contributed by atoms with van der Waals surface area (Å²) in [4.78, 5) is 13.8. The number of hydrogen-bond donors (Lipinski definition) is 2. The van der Waals surface area contributed by atoms with Gasteiger partial charge in [0.1, 0.15) is 0 Å². The second-order valence-electron chi connectivity index (χ2n) is 3.36. The predicted molar refractivity (Wildman–Crippen MR) is 56.9 cm³/mol. The molecule has 0 fully saturated rings. The van der Waals surface area contributed by atoms with E-state index in [1.54, 1.807) is 11.6 Å². The number of nitrogens with zero attached hydrogens (tertiary/aromatic N) is 3. The van der Waals surface area contributed by atoms with Crippen LogP contribution in [0.25, 0.3) is 0 Å². The summed E-state index contributed by atoms with van der Waals surface area (Å²) >= 11 is 0. The number of anilines is 1. The van der Waals surface area contributed by atoms with Crippen molar-refractivity contribution in [2.75, 3.05) is 18.9 Å². The topological polar surface area (TPSA) is 85.0 Å². The molecule has 2 N–H and O–H groups in total. The van der Waals surface area contributed by atoms with Gasteiger partial charge in [-0.15, -0.1) is 0 Å². The van der Waals surface area contributed by atoms with Gasteiger partial charge in [-0.2, -0.15) is 0 Å². The average molecular weight is 213 g/mol. The zero-order valence-electron chi connectivity index (χ0n) is 9.02. The Hall–Kier alpha value is -1.63. The van der Waals surface area contributed by atoms with Gasteiger partial charge >= 0.3 is 5.82 Å². The summed E-state index contributed by atoms with van der Waals surface area (Å²) in [5.74, 6) is 0.294. The number of imidazole rings is 1. The van der Waals surface area contributed by atoms with Crippen molar-refractivity contribution in [3.63, 3.8) is 0 Å². The Bertz CT molecular complexity index is 349. The van der Waals surface area contributed by atoms with E-state index in [1.807, 2.05) is 14.0 Å². The molecular weight excluding hydrogens is 198 g/mol. The van der Waals surface area contributed by atoms with Crippen LogP contribution in [0.5, 0.6) is 0 Å². The summed E-state index contributed by atoms with van der Waals surface area (Å²) in [7, 11) is 3.55.